The molecule has 0 bridgehead atoms. The van der Waals surface area contributed by atoms with Gasteiger partial charge in [-0.2, -0.15) is 5.10 Å². The minimum absolute atomic E-state index is 0.0638. The number of hydrogen-bond acceptors (Lipinski definition) is 5. The number of amides is 2. The predicted octanol–water partition coefficient (Wildman–Crippen LogP) is 2.80. The number of nitrogens with one attached hydrogen (secondary N) is 2. The second-order valence-corrected chi connectivity index (χ2v) is 9.26. The molecule has 2 fully saturated rings. The van der Waals surface area contributed by atoms with E-state index in [1.165, 1.54) is 12.8 Å². The molecule has 1 unspecified atom stereocenters. The Hall–Kier alpha value is -3.13. The van der Waals surface area contributed by atoms with Gasteiger partial charge in [-0.1, -0.05) is 18.2 Å². The van der Waals surface area contributed by atoms with Crippen molar-refractivity contribution >= 4 is 23.3 Å². The molecule has 1 aliphatic carbocycles. The van der Waals surface area contributed by atoms with Crippen LogP contribution in [0.1, 0.15) is 42.9 Å². The SMILES string of the molecule is CC(C(=O)Nc1cc(C2CC2)[nH]n1)c1ccc(N2CCN(C(=O)C=CCN(C)C)CC2)cc1. The van der Waals surface area contributed by atoms with Crippen LogP contribution >= 0.6 is 0 Å². The van der Waals surface area contributed by atoms with Crippen molar-refractivity contribution in [2.75, 3.05) is 57.0 Å². The molecule has 0 radical (unpaired) electrons. The Morgan fingerprint density at radius 1 is 1.18 bits per heavy atom. The van der Waals surface area contributed by atoms with Gasteiger partial charge in [0.05, 0.1) is 5.92 Å². The molecule has 2 N–H and O–H groups in total. The fourth-order valence-electron chi connectivity index (χ4n) is 4.02. The summed E-state index contributed by atoms with van der Waals surface area (Å²) < 4.78 is 0. The maximum absolute atomic E-state index is 12.7. The third kappa shape index (κ3) is 6.01. The highest BCUT2D eigenvalue weighted by Gasteiger charge is 2.26. The van der Waals surface area contributed by atoms with Crippen LogP contribution < -0.4 is 10.2 Å². The van der Waals surface area contributed by atoms with Crippen LogP contribution in [0.5, 0.6) is 0 Å². The number of carbonyl (C=O) groups is 2. The molecule has 8 heteroatoms. The van der Waals surface area contributed by atoms with Crippen LogP contribution in [0.2, 0.25) is 0 Å². The van der Waals surface area contributed by atoms with E-state index in [2.05, 4.69) is 32.5 Å². The summed E-state index contributed by atoms with van der Waals surface area (Å²) in [7, 11) is 3.96. The van der Waals surface area contributed by atoms with Gasteiger partial charge in [-0.25, -0.2) is 0 Å². The molecular weight excluding hydrogens is 416 g/mol. The second-order valence-electron chi connectivity index (χ2n) is 9.26. The van der Waals surface area contributed by atoms with E-state index in [-0.39, 0.29) is 17.7 Å². The van der Waals surface area contributed by atoms with E-state index in [1.807, 2.05) is 55.1 Å². The third-order valence-electron chi connectivity index (χ3n) is 6.34. The summed E-state index contributed by atoms with van der Waals surface area (Å²) in [6.07, 6.45) is 5.96. The molecule has 2 amide bonds. The van der Waals surface area contributed by atoms with Gasteiger partial charge in [0, 0.05) is 62.2 Å². The quantitative estimate of drug-likeness (QED) is 0.604. The van der Waals surface area contributed by atoms with Gasteiger partial charge in [0.1, 0.15) is 0 Å². The van der Waals surface area contributed by atoms with Crippen molar-refractivity contribution in [1.82, 2.24) is 20.0 Å². The summed E-state index contributed by atoms with van der Waals surface area (Å²) in [6.45, 7) is 5.68. The minimum Gasteiger partial charge on any atom is -0.368 e. The largest absolute Gasteiger partial charge is 0.368 e. The summed E-state index contributed by atoms with van der Waals surface area (Å²) >= 11 is 0. The topological polar surface area (TPSA) is 84.6 Å². The standard InChI is InChI=1S/C25H34N6O2/c1-18(25(33)26-23-17-22(27-28-23)20-6-7-20)19-8-10-21(11-9-19)30-13-15-31(16-14-30)24(32)5-4-12-29(2)3/h4-5,8-11,17-18,20H,6-7,12-16H2,1-3H3,(H2,26,27,28,33). The summed E-state index contributed by atoms with van der Waals surface area (Å²) in [6, 6.07) is 10.1. The summed E-state index contributed by atoms with van der Waals surface area (Å²) in [5, 5.41) is 10.2. The first-order chi connectivity index (χ1) is 15.9. The van der Waals surface area contributed by atoms with E-state index < -0.39 is 0 Å². The molecule has 1 aliphatic heterocycles. The van der Waals surface area contributed by atoms with E-state index in [0.29, 0.717) is 24.8 Å². The lowest BCUT2D eigenvalue weighted by molar-refractivity contribution is -0.126. The van der Waals surface area contributed by atoms with Crippen LogP contribution in [0.4, 0.5) is 11.5 Å². The van der Waals surface area contributed by atoms with Crippen molar-refractivity contribution in [3.8, 4) is 0 Å². The number of benzene rings is 1. The number of piperazine rings is 1. The zero-order chi connectivity index (χ0) is 23.4. The fraction of sp³-hybridized carbons (Fsp3) is 0.480. The maximum Gasteiger partial charge on any atom is 0.246 e. The van der Waals surface area contributed by atoms with Gasteiger partial charge in [0.15, 0.2) is 5.82 Å². The number of carbonyl (C=O) groups excluding carboxylic acids is 2. The Labute approximate surface area is 195 Å². The monoisotopic (exact) mass is 450 g/mol. The molecular formula is C25H34N6O2. The Balaban J connectivity index is 1.27. The van der Waals surface area contributed by atoms with Crippen molar-refractivity contribution in [2.24, 2.45) is 0 Å². The van der Waals surface area contributed by atoms with Gasteiger partial charge < -0.3 is 20.0 Å². The zero-order valence-corrected chi connectivity index (χ0v) is 19.8. The van der Waals surface area contributed by atoms with E-state index in [1.54, 1.807) is 6.08 Å². The van der Waals surface area contributed by atoms with Crippen molar-refractivity contribution in [3.05, 3.63) is 53.7 Å². The highest BCUT2D eigenvalue weighted by molar-refractivity contribution is 5.95. The summed E-state index contributed by atoms with van der Waals surface area (Å²) in [5.41, 5.74) is 3.19. The van der Waals surface area contributed by atoms with E-state index >= 15 is 0 Å². The number of rotatable bonds is 8. The summed E-state index contributed by atoms with van der Waals surface area (Å²) in [5.74, 6) is 0.907. The van der Waals surface area contributed by atoms with E-state index in [4.69, 9.17) is 0 Å². The van der Waals surface area contributed by atoms with Crippen LogP contribution in [0.15, 0.2) is 42.5 Å². The highest BCUT2D eigenvalue weighted by atomic mass is 16.2. The van der Waals surface area contributed by atoms with Crippen LogP contribution in [-0.4, -0.2) is 78.6 Å². The van der Waals surface area contributed by atoms with Gasteiger partial charge in [-0.15, -0.1) is 0 Å². The zero-order valence-electron chi connectivity index (χ0n) is 19.8. The van der Waals surface area contributed by atoms with Gasteiger partial charge in [-0.3, -0.25) is 14.7 Å². The normalized spacial score (nSPS) is 17.6. The lowest BCUT2D eigenvalue weighted by Gasteiger charge is -2.35. The van der Waals surface area contributed by atoms with Crippen LogP contribution in [-0.2, 0) is 9.59 Å². The van der Waals surface area contributed by atoms with Gasteiger partial charge in [0.25, 0.3) is 0 Å². The second kappa shape index (κ2) is 10.2. The van der Waals surface area contributed by atoms with Crippen molar-refractivity contribution in [1.29, 1.82) is 0 Å². The minimum atomic E-state index is -0.274. The first kappa shape index (κ1) is 23.0. The van der Waals surface area contributed by atoms with Gasteiger partial charge in [0.2, 0.25) is 11.8 Å². The molecule has 33 heavy (non-hydrogen) atoms. The van der Waals surface area contributed by atoms with Crippen LogP contribution in [0.3, 0.4) is 0 Å². The molecule has 0 spiro atoms. The molecule has 8 nitrogen and oxygen atoms in total. The molecule has 1 atom stereocenters. The molecule has 2 heterocycles. The molecule has 1 aromatic carbocycles. The smallest absolute Gasteiger partial charge is 0.246 e. The number of H-pyrrole nitrogens is 1. The number of hydrogen-bond donors (Lipinski definition) is 2. The molecule has 4 rings (SSSR count). The first-order valence-corrected chi connectivity index (χ1v) is 11.7. The van der Waals surface area contributed by atoms with Gasteiger partial charge >= 0.3 is 0 Å². The Kier molecular flexibility index (Phi) is 7.13. The maximum atomic E-state index is 12.7. The number of nitrogens with zero attached hydrogens (tertiary/aromatic N) is 4. The lowest BCUT2D eigenvalue weighted by atomic mass is 10.00. The molecule has 176 valence electrons. The van der Waals surface area contributed by atoms with Crippen molar-refractivity contribution < 1.29 is 9.59 Å². The predicted molar refractivity (Wildman–Crippen MR) is 131 cm³/mol. The van der Waals surface area contributed by atoms with Crippen LogP contribution in [0, 0.1) is 0 Å². The number of anilines is 2. The molecule has 1 saturated heterocycles. The highest BCUT2D eigenvalue weighted by Crippen LogP contribution is 2.39. The Morgan fingerprint density at radius 3 is 2.52 bits per heavy atom. The molecule has 2 aromatic rings. The summed E-state index contributed by atoms with van der Waals surface area (Å²) in [4.78, 5) is 31.2. The Morgan fingerprint density at radius 2 is 1.88 bits per heavy atom. The van der Waals surface area contributed by atoms with E-state index in [0.717, 1.165) is 36.6 Å². The van der Waals surface area contributed by atoms with Crippen molar-refractivity contribution in [3.63, 3.8) is 0 Å². The van der Waals surface area contributed by atoms with Gasteiger partial charge in [-0.05, 0) is 51.6 Å². The Bertz CT molecular complexity index is 985. The average Bonchev–Trinajstić information content (AvgIpc) is 3.57. The number of aromatic nitrogens is 2. The molecule has 1 saturated carbocycles. The molecule has 2 aliphatic rings. The first-order valence-electron chi connectivity index (χ1n) is 11.7. The molecule has 1 aromatic heterocycles. The fourth-order valence-corrected chi connectivity index (χ4v) is 4.02. The lowest BCUT2D eigenvalue weighted by Crippen LogP contribution is -2.48. The average molecular weight is 451 g/mol. The number of likely N-dealkylation sites (N-methyl/N-ethyl adjacent to an activating group) is 1. The number of aromatic amines is 1. The van der Waals surface area contributed by atoms with E-state index in [9.17, 15) is 9.59 Å². The third-order valence-corrected chi connectivity index (χ3v) is 6.34. The van der Waals surface area contributed by atoms with Crippen molar-refractivity contribution in [2.45, 2.75) is 31.6 Å². The van der Waals surface area contributed by atoms with Crippen LogP contribution in [0.25, 0.3) is 0 Å².